The van der Waals surface area contributed by atoms with Crippen LogP contribution in [0, 0.1) is 6.92 Å². The van der Waals surface area contributed by atoms with Crippen LogP contribution in [0.25, 0.3) is 0 Å². The van der Waals surface area contributed by atoms with Gasteiger partial charge in [0.05, 0.1) is 11.4 Å². The molecule has 0 radical (unpaired) electrons. The minimum absolute atomic E-state index is 0.316. The lowest BCUT2D eigenvalue weighted by molar-refractivity contribution is -0.146. The van der Waals surface area contributed by atoms with Gasteiger partial charge in [0.2, 0.25) is 0 Å². The fourth-order valence-electron chi connectivity index (χ4n) is 3.19. The smallest absolute Gasteiger partial charge is 0.325 e. The molecule has 1 heterocycles. The molecule has 0 aromatic heterocycles. The molecule has 1 aliphatic rings. The molecular weight excluding hydrogens is 412 g/mol. The Morgan fingerprint density at radius 1 is 0.871 bits per heavy atom. The summed E-state index contributed by atoms with van der Waals surface area (Å²) in [5, 5.41) is 2.51. The number of benzene rings is 3. The van der Waals surface area contributed by atoms with E-state index in [1.54, 1.807) is 28.8 Å². The maximum Gasteiger partial charge on any atom is 0.325 e. The molecule has 4 rings (SSSR count). The summed E-state index contributed by atoms with van der Waals surface area (Å²) in [6.07, 6.45) is 0. The molecule has 0 bridgehead atoms. The highest BCUT2D eigenvalue weighted by atomic mass is 32.2. The van der Waals surface area contributed by atoms with Gasteiger partial charge < -0.3 is 10.1 Å². The highest BCUT2D eigenvalue weighted by molar-refractivity contribution is 7.99. The van der Waals surface area contributed by atoms with Gasteiger partial charge in [-0.05, 0) is 43.3 Å². The third-order valence-corrected chi connectivity index (χ3v) is 5.88. The Kier molecular flexibility index (Phi) is 6.04. The first-order chi connectivity index (χ1) is 15.0. The van der Waals surface area contributed by atoms with E-state index in [-0.39, 0.29) is 18.4 Å². The Morgan fingerprint density at radius 2 is 1.45 bits per heavy atom. The number of amides is 2. The Balaban J connectivity index is 1.38. The highest BCUT2D eigenvalue weighted by Gasteiger charge is 2.28. The monoisotopic (exact) mass is 432 g/mol. The van der Waals surface area contributed by atoms with Crippen LogP contribution in [0.15, 0.2) is 82.6 Å². The molecule has 2 amide bonds. The van der Waals surface area contributed by atoms with Crippen molar-refractivity contribution in [3.63, 3.8) is 0 Å². The summed E-state index contributed by atoms with van der Waals surface area (Å²) in [6.45, 7) is 1.18. The Bertz CT molecular complexity index is 1100. The molecule has 156 valence electrons. The van der Waals surface area contributed by atoms with Crippen molar-refractivity contribution in [2.24, 2.45) is 0 Å². The van der Waals surface area contributed by atoms with E-state index >= 15 is 0 Å². The van der Waals surface area contributed by atoms with Gasteiger partial charge in [0.1, 0.15) is 6.54 Å². The first kappa shape index (κ1) is 20.7. The molecule has 0 fully saturated rings. The van der Waals surface area contributed by atoms with E-state index in [0.29, 0.717) is 5.56 Å². The van der Waals surface area contributed by atoms with Crippen molar-refractivity contribution in [3.8, 4) is 0 Å². The molecule has 7 heteroatoms. The molecule has 31 heavy (non-hydrogen) atoms. The third-order valence-electron chi connectivity index (χ3n) is 4.75. The van der Waals surface area contributed by atoms with Crippen LogP contribution in [0.2, 0.25) is 0 Å². The molecule has 3 aromatic rings. The zero-order valence-corrected chi connectivity index (χ0v) is 17.6. The van der Waals surface area contributed by atoms with Crippen LogP contribution >= 0.6 is 11.8 Å². The van der Waals surface area contributed by atoms with Crippen molar-refractivity contribution in [2.75, 3.05) is 18.1 Å². The van der Waals surface area contributed by atoms with Crippen LogP contribution in [0.4, 0.5) is 11.4 Å². The number of nitrogens with zero attached hydrogens (tertiary/aromatic N) is 1. The lowest BCUT2D eigenvalue weighted by Crippen LogP contribution is -2.35. The van der Waals surface area contributed by atoms with E-state index in [2.05, 4.69) is 5.32 Å². The topological polar surface area (TPSA) is 75.7 Å². The summed E-state index contributed by atoms with van der Waals surface area (Å²) < 4.78 is 5.14. The number of nitrogens with one attached hydrogen (secondary N) is 1. The van der Waals surface area contributed by atoms with E-state index < -0.39 is 12.6 Å². The fourth-order valence-corrected chi connectivity index (χ4v) is 4.25. The summed E-state index contributed by atoms with van der Waals surface area (Å²) >= 11 is 1.59. The maximum absolute atomic E-state index is 13.0. The van der Waals surface area contributed by atoms with E-state index in [9.17, 15) is 14.4 Å². The Hall–Kier alpha value is -3.58. The van der Waals surface area contributed by atoms with Crippen LogP contribution in [-0.4, -0.2) is 30.9 Å². The van der Waals surface area contributed by atoms with E-state index in [1.165, 1.54) is 0 Å². The lowest BCUT2D eigenvalue weighted by atomic mass is 10.1. The SMILES string of the molecule is Cc1ccc(C(=O)NCC(=O)OCC(=O)N2c3ccccc3Sc3ccccc32)cc1. The molecule has 3 aromatic carbocycles. The van der Waals surface area contributed by atoms with Crippen molar-refractivity contribution >= 4 is 40.9 Å². The second kappa shape index (κ2) is 9.06. The van der Waals surface area contributed by atoms with Crippen molar-refractivity contribution < 1.29 is 19.1 Å². The summed E-state index contributed by atoms with van der Waals surface area (Å²) in [5.41, 5.74) is 2.99. The second-order valence-corrected chi connectivity index (χ2v) is 8.06. The standard InChI is InChI=1S/C24H20N2O4S/c1-16-10-12-17(13-11-16)24(29)25-14-23(28)30-15-22(27)26-18-6-2-4-8-20(18)31-21-9-5-3-7-19(21)26/h2-13H,14-15H2,1H3,(H,25,29). The predicted octanol–water partition coefficient (Wildman–Crippen LogP) is 4.10. The number of esters is 1. The molecule has 0 spiro atoms. The quantitative estimate of drug-likeness (QED) is 0.615. The third kappa shape index (κ3) is 4.62. The van der Waals surface area contributed by atoms with Gasteiger partial charge in [-0.3, -0.25) is 19.3 Å². The number of aryl methyl sites for hydroxylation is 1. The molecule has 1 aliphatic heterocycles. The molecule has 0 saturated heterocycles. The van der Waals surface area contributed by atoms with Crippen LogP contribution in [0.3, 0.4) is 0 Å². The Labute approximate surface area is 184 Å². The molecule has 0 aliphatic carbocycles. The molecule has 6 nitrogen and oxygen atoms in total. The van der Waals surface area contributed by atoms with E-state index in [1.807, 2.05) is 67.6 Å². The molecule has 1 N–H and O–H groups in total. The van der Waals surface area contributed by atoms with E-state index in [4.69, 9.17) is 4.74 Å². The van der Waals surface area contributed by atoms with Gasteiger partial charge >= 0.3 is 5.97 Å². The van der Waals surface area contributed by atoms with Crippen LogP contribution < -0.4 is 10.2 Å². The molecule has 0 unspecified atom stereocenters. The first-order valence-electron chi connectivity index (χ1n) is 9.72. The lowest BCUT2D eigenvalue weighted by Gasteiger charge is -2.30. The van der Waals surface area contributed by atoms with Crippen LogP contribution in [-0.2, 0) is 14.3 Å². The van der Waals surface area contributed by atoms with E-state index in [0.717, 1.165) is 26.7 Å². The van der Waals surface area contributed by atoms with Crippen molar-refractivity contribution in [1.82, 2.24) is 5.32 Å². The minimum Gasteiger partial charge on any atom is -0.454 e. The van der Waals surface area contributed by atoms with Gasteiger partial charge in [-0.2, -0.15) is 0 Å². The fraction of sp³-hybridized carbons (Fsp3) is 0.125. The number of rotatable bonds is 5. The van der Waals surface area contributed by atoms with Crippen LogP contribution in [0.1, 0.15) is 15.9 Å². The summed E-state index contributed by atoms with van der Waals surface area (Å²) in [6, 6.07) is 22.2. The number of carbonyl (C=O) groups excluding carboxylic acids is 3. The average Bonchev–Trinajstić information content (AvgIpc) is 2.79. The molecule has 0 saturated carbocycles. The summed E-state index contributed by atoms with van der Waals surface area (Å²) in [4.78, 5) is 40.7. The zero-order chi connectivity index (χ0) is 21.8. The number of fused-ring (bicyclic) bond motifs is 2. The maximum atomic E-state index is 13.0. The van der Waals surface area contributed by atoms with Gasteiger partial charge in [0.15, 0.2) is 6.61 Å². The van der Waals surface area contributed by atoms with Crippen molar-refractivity contribution in [1.29, 1.82) is 0 Å². The Morgan fingerprint density at radius 3 is 2.06 bits per heavy atom. The predicted molar refractivity (Wildman–Crippen MR) is 119 cm³/mol. The number of hydrogen-bond acceptors (Lipinski definition) is 5. The van der Waals surface area contributed by atoms with Crippen molar-refractivity contribution in [3.05, 3.63) is 83.9 Å². The van der Waals surface area contributed by atoms with Crippen molar-refractivity contribution in [2.45, 2.75) is 16.7 Å². The first-order valence-corrected chi connectivity index (χ1v) is 10.5. The molecule has 0 atom stereocenters. The summed E-state index contributed by atoms with van der Waals surface area (Å²) in [5.74, 6) is -1.42. The normalized spacial score (nSPS) is 11.8. The largest absolute Gasteiger partial charge is 0.454 e. The van der Waals surface area contributed by atoms with Gasteiger partial charge in [0.25, 0.3) is 11.8 Å². The second-order valence-electron chi connectivity index (χ2n) is 6.98. The van der Waals surface area contributed by atoms with Gasteiger partial charge in [-0.1, -0.05) is 53.7 Å². The zero-order valence-electron chi connectivity index (χ0n) is 16.8. The van der Waals surface area contributed by atoms with Gasteiger partial charge in [-0.15, -0.1) is 0 Å². The van der Waals surface area contributed by atoms with Crippen LogP contribution in [0.5, 0.6) is 0 Å². The number of para-hydroxylation sites is 2. The minimum atomic E-state index is -0.679. The number of ether oxygens (including phenoxy) is 1. The van der Waals surface area contributed by atoms with Gasteiger partial charge in [-0.25, -0.2) is 0 Å². The number of anilines is 2. The number of carbonyl (C=O) groups is 3. The highest BCUT2D eigenvalue weighted by Crippen LogP contribution is 2.47. The molecular formula is C24H20N2O4S. The summed E-state index contributed by atoms with van der Waals surface area (Å²) in [7, 11) is 0. The average molecular weight is 433 g/mol. The van der Waals surface area contributed by atoms with Gasteiger partial charge in [0, 0.05) is 15.4 Å². The number of hydrogen-bond donors (Lipinski definition) is 1.